The molecule has 0 saturated heterocycles. The third-order valence-corrected chi connectivity index (χ3v) is 9.02. The highest BCUT2D eigenvalue weighted by molar-refractivity contribution is 6.02. The van der Waals surface area contributed by atoms with Crippen LogP contribution in [-0.4, -0.2) is 44.5 Å². The Bertz CT molecular complexity index is 1800. The Hall–Kier alpha value is -4.16. The zero-order valence-electron chi connectivity index (χ0n) is 24.5. The van der Waals surface area contributed by atoms with Gasteiger partial charge in [0.15, 0.2) is 5.60 Å². The van der Waals surface area contributed by atoms with Gasteiger partial charge in [0.25, 0.3) is 5.56 Å². The Morgan fingerprint density at radius 1 is 1.14 bits per heavy atom. The highest BCUT2D eigenvalue weighted by Crippen LogP contribution is 2.44. The number of hydrogen-bond acceptors (Lipinski definition) is 8. The molecule has 2 amide bonds. The second kappa shape index (κ2) is 10.2. The van der Waals surface area contributed by atoms with Gasteiger partial charge < -0.3 is 30.8 Å². The fourth-order valence-corrected chi connectivity index (χ4v) is 6.40. The fourth-order valence-electron chi connectivity index (χ4n) is 6.40. The van der Waals surface area contributed by atoms with Gasteiger partial charge in [-0.2, -0.15) is 0 Å². The molecule has 11 nitrogen and oxygen atoms in total. The van der Waals surface area contributed by atoms with E-state index >= 15 is 4.39 Å². The number of aliphatic hydroxyl groups is 1. The van der Waals surface area contributed by atoms with Crippen molar-refractivity contribution in [2.45, 2.75) is 84.2 Å². The molecule has 1 aliphatic carbocycles. The number of halogens is 1. The number of pyridine rings is 2. The van der Waals surface area contributed by atoms with Gasteiger partial charge in [-0.25, -0.2) is 14.2 Å². The molecule has 0 unspecified atom stereocenters. The van der Waals surface area contributed by atoms with Crippen molar-refractivity contribution in [2.75, 3.05) is 5.32 Å². The van der Waals surface area contributed by atoms with E-state index in [0.717, 1.165) is 16.5 Å². The Kier molecular flexibility index (Phi) is 6.89. The summed E-state index contributed by atoms with van der Waals surface area (Å²) >= 11 is 0. The average molecular weight is 592 g/mol. The predicted octanol–water partition coefficient (Wildman–Crippen LogP) is 2.13. The Labute approximate surface area is 246 Å². The highest BCUT2D eigenvalue weighted by atomic mass is 19.1. The minimum Gasteiger partial charge on any atom is -0.458 e. The van der Waals surface area contributed by atoms with E-state index in [9.17, 15) is 24.3 Å². The van der Waals surface area contributed by atoms with Crippen LogP contribution in [0.5, 0.6) is 0 Å². The normalized spacial score (nSPS) is 19.8. The van der Waals surface area contributed by atoms with Crippen molar-refractivity contribution in [3.8, 4) is 11.4 Å². The van der Waals surface area contributed by atoms with Gasteiger partial charge >= 0.3 is 5.97 Å². The van der Waals surface area contributed by atoms with Gasteiger partial charge in [-0.3, -0.25) is 14.4 Å². The molecule has 226 valence electrons. The van der Waals surface area contributed by atoms with Gasteiger partial charge in [0.1, 0.15) is 18.5 Å². The number of amides is 2. The highest BCUT2D eigenvalue weighted by Gasteiger charge is 2.45. The molecule has 5 N–H and O–H groups in total. The summed E-state index contributed by atoms with van der Waals surface area (Å²) in [6, 6.07) is 1.16. The van der Waals surface area contributed by atoms with Crippen molar-refractivity contribution in [1.82, 2.24) is 14.9 Å². The predicted molar refractivity (Wildman–Crippen MR) is 156 cm³/mol. The van der Waals surface area contributed by atoms with Crippen LogP contribution in [0.25, 0.3) is 22.3 Å². The first-order chi connectivity index (χ1) is 20.4. The van der Waals surface area contributed by atoms with E-state index in [1.54, 1.807) is 31.4 Å². The molecule has 0 fully saturated rings. The second-order valence-electron chi connectivity index (χ2n) is 12.0. The molecule has 1 aromatic carbocycles. The molecule has 12 heteroatoms. The molecular weight excluding hydrogens is 557 g/mol. The lowest BCUT2D eigenvalue weighted by atomic mass is 9.85. The molecule has 3 aliphatic rings. The van der Waals surface area contributed by atoms with Crippen LogP contribution in [0.15, 0.2) is 16.9 Å². The Morgan fingerprint density at radius 3 is 2.56 bits per heavy atom. The Balaban J connectivity index is 1.42. The molecule has 3 atom stereocenters. The second-order valence-corrected chi connectivity index (χ2v) is 12.0. The van der Waals surface area contributed by atoms with Crippen molar-refractivity contribution in [3.63, 3.8) is 0 Å². The van der Waals surface area contributed by atoms with Gasteiger partial charge in [-0.1, -0.05) is 20.8 Å². The van der Waals surface area contributed by atoms with Crippen molar-refractivity contribution in [3.05, 3.63) is 56.1 Å². The van der Waals surface area contributed by atoms with Crippen LogP contribution in [0.3, 0.4) is 0 Å². The number of ether oxygens (including phenoxy) is 1. The topological polar surface area (TPSA) is 166 Å². The zero-order valence-corrected chi connectivity index (χ0v) is 24.5. The Morgan fingerprint density at radius 2 is 1.86 bits per heavy atom. The van der Waals surface area contributed by atoms with E-state index in [-0.39, 0.29) is 47.9 Å². The molecule has 2 aliphatic heterocycles. The molecule has 43 heavy (non-hydrogen) atoms. The number of nitrogens with zero attached hydrogens (tertiary/aromatic N) is 2. The van der Waals surface area contributed by atoms with Gasteiger partial charge in [0.05, 0.1) is 40.7 Å². The largest absolute Gasteiger partial charge is 0.458 e. The standard InChI is InChI=1S/C31H34FN5O6/c1-5-31(42)19-9-22-26-17(11-37(22)29(40)18(19)12-43-30(31)41)15-7-6-8-16-23(15)21(35-26)10-20(32)25(16)36-27(38)14(4)34-28(39)24(33)13(2)3/h9-10,13-14,24,42H,5-8,11-12,33H2,1-4H3,(H,34,39)(H,36,38)/t14-,24-,31-/m0/s1. The molecule has 3 aromatic rings. The maximum absolute atomic E-state index is 15.7. The van der Waals surface area contributed by atoms with E-state index in [1.165, 1.54) is 13.0 Å². The van der Waals surface area contributed by atoms with Crippen molar-refractivity contribution in [1.29, 1.82) is 0 Å². The number of carbonyl (C=O) groups is 3. The average Bonchev–Trinajstić information content (AvgIpc) is 3.35. The third kappa shape index (κ3) is 4.34. The van der Waals surface area contributed by atoms with Crippen LogP contribution in [0.4, 0.5) is 10.1 Å². The lowest BCUT2D eigenvalue weighted by Crippen LogP contribution is -2.50. The smallest absolute Gasteiger partial charge is 0.343 e. The summed E-state index contributed by atoms with van der Waals surface area (Å²) in [7, 11) is 0. The molecule has 0 saturated carbocycles. The quantitative estimate of drug-likeness (QED) is 0.248. The number of fused-ring (bicyclic) bond motifs is 5. The minimum atomic E-state index is -1.95. The fraction of sp³-hybridized carbons (Fsp3) is 0.452. The van der Waals surface area contributed by atoms with Crippen molar-refractivity contribution in [2.24, 2.45) is 11.7 Å². The summed E-state index contributed by atoms with van der Waals surface area (Å²) in [6.07, 6.45) is 1.87. The SMILES string of the molecule is CC[C@@]1(O)C(=O)OCc2c1cc1n(c2=O)Cc2c-1nc1cc(F)c(NC(=O)[C@H](C)NC(=O)[C@@H](N)C(C)C)c3c1c2CCC3. The van der Waals surface area contributed by atoms with Gasteiger partial charge in [0.2, 0.25) is 11.8 Å². The molecule has 0 spiro atoms. The third-order valence-electron chi connectivity index (χ3n) is 9.02. The number of esters is 1. The summed E-state index contributed by atoms with van der Waals surface area (Å²) in [4.78, 5) is 56.3. The number of rotatable bonds is 6. The maximum atomic E-state index is 15.7. The van der Waals surface area contributed by atoms with E-state index in [2.05, 4.69) is 10.6 Å². The van der Waals surface area contributed by atoms with Crippen LogP contribution in [0.2, 0.25) is 0 Å². The van der Waals surface area contributed by atoms with E-state index < -0.39 is 41.3 Å². The zero-order chi connectivity index (χ0) is 31.0. The molecule has 4 heterocycles. The minimum absolute atomic E-state index is 0.0286. The molecule has 2 aromatic heterocycles. The van der Waals surface area contributed by atoms with Crippen LogP contribution in [0, 0.1) is 11.7 Å². The van der Waals surface area contributed by atoms with Crippen LogP contribution in [0.1, 0.15) is 68.4 Å². The summed E-state index contributed by atoms with van der Waals surface area (Å²) in [5.41, 5.74) is 7.74. The number of nitrogens with one attached hydrogen (secondary N) is 2. The van der Waals surface area contributed by atoms with Crippen molar-refractivity contribution >= 4 is 34.4 Å². The number of nitrogens with two attached hydrogens (primary N) is 1. The lowest BCUT2D eigenvalue weighted by molar-refractivity contribution is -0.172. The molecule has 6 rings (SSSR count). The van der Waals surface area contributed by atoms with Crippen molar-refractivity contribution < 1.29 is 28.6 Å². The van der Waals surface area contributed by atoms with Gasteiger partial charge in [0, 0.05) is 22.6 Å². The van der Waals surface area contributed by atoms with E-state index in [4.69, 9.17) is 15.5 Å². The van der Waals surface area contributed by atoms with Crippen LogP contribution in [-0.2, 0) is 50.7 Å². The number of anilines is 1. The molecule has 0 bridgehead atoms. The maximum Gasteiger partial charge on any atom is 0.343 e. The lowest BCUT2D eigenvalue weighted by Gasteiger charge is -2.31. The number of cyclic esters (lactones) is 1. The number of hydrogen-bond donors (Lipinski definition) is 4. The monoisotopic (exact) mass is 591 g/mol. The molecule has 0 radical (unpaired) electrons. The van der Waals surface area contributed by atoms with Crippen LogP contribution >= 0.6 is 0 Å². The van der Waals surface area contributed by atoms with Gasteiger partial charge in [-0.05, 0) is 55.7 Å². The van der Waals surface area contributed by atoms with Gasteiger partial charge in [-0.15, -0.1) is 0 Å². The number of carbonyl (C=O) groups excluding carboxylic acids is 3. The van der Waals surface area contributed by atoms with Crippen LogP contribution < -0.4 is 21.9 Å². The number of benzene rings is 1. The number of aromatic nitrogens is 2. The summed E-state index contributed by atoms with van der Waals surface area (Å²) in [6.45, 7) is 6.75. The summed E-state index contributed by atoms with van der Waals surface area (Å²) in [5.74, 6) is -2.64. The van der Waals surface area contributed by atoms with E-state index in [1.807, 2.05) is 0 Å². The first-order valence-electron chi connectivity index (χ1n) is 14.6. The summed E-state index contributed by atoms with van der Waals surface area (Å²) in [5, 5.41) is 17.1. The first kappa shape index (κ1) is 28.9. The number of aryl methyl sites for hydroxylation is 2. The molecular formula is C31H34FN5O6. The summed E-state index contributed by atoms with van der Waals surface area (Å²) < 4.78 is 22.4. The first-order valence-corrected chi connectivity index (χ1v) is 14.6. The van der Waals surface area contributed by atoms with E-state index in [0.29, 0.717) is 41.7 Å².